The molecule has 0 aliphatic carbocycles. The molecule has 1 atom stereocenters. The van der Waals surface area contributed by atoms with E-state index in [4.69, 9.17) is 0 Å². The number of para-hydroxylation sites is 1. The number of rotatable bonds is 4. The summed E-state index contributed by atoms with van der Waals surface area (Å²) in [5.41, 5.74) is 2.07. The van der Waals surface area contributed by atoms with Crippen molar-refractivity contribution in [3.8, 4) is 0 Å². The second-order valence-corrected chi connectivity index (χ2v) is 4.60. The molecule has 2 rings (SSSR count). The van der Waals surface area contributed by atoms with Gasteiger partial charge in [0.2, 0.25) is 0 Å². The third-order valence-electron chi connectivity index (χ3n) is 3.05. The topological polar surface area (TPSA) is 78.4 Å². The van der Waals surface area contributed by atoms with Crippen LogP contribution in [-0.2, 0) is 4.79 Å². The van der Waals surface area contributed by atoms with Gasteiger partial charge in [0.1, 0.15) is 0 Å². The summed E-state index contributed by atoms with van der Waals surface area (Å²) in [6.07, 6.45) is 0. The predicted molar refractivity (Wildman–Crippen MR) is 80.2 cm³/mol. The minimum absolute atomic E-state index is 0.518. The van der Waals surface area contributed by atoms with Crippen molar-refractivity contribution in [1.82, 2.24) is 5.32 Å². The number of carboxylic acid groups (broad SMARTS) is 1. The molecule has 2 amide bonds. The summed E-state index contributed by atoms with van der Waals surface area (Å²) in [4.78, 5) is 23.3. The first-order valence-electron chi connectivity index (χ1n) is 6.49. The quantitative estimate of drug-likeness (QED) is 0.807. The minimum atomic E-state index is -1.11. The van der Waals surface area contributed by atoms with Crippen molar-refractivity contribution >= 4 is 17.7 Å². The zero-order valence-electron chi connectivity index (χ0n) is 11.5. The Hall–Kier alpha value is -2.82. The number of carbonyl (C=O) groups is 2. The first-order valence-corrected chi connectivity index (χ1v) is 6.49. The molecule has 3 N–H and O–H groups in total. The molecular weight excluding hydrogens is 268 g/mol. The lowest BCUT2D eigenvalue weighted by Gasteiger charge is -2.16. The number of carboxylic acids is 1. The van der Waals surface area contributed by atoms with E-state index in [9.17, 15) is 14.7 Å². The molecule has 108 valence electrons. The molecule has 2 aromatic carbocycles. The maximum Gasteiger partial charge on any atom is 0.330 e. The van der Waals surface area contributed by atoms with E-state index in [0.717, 1.165) is 5.56 Å². The second-order valence-electron chi connectivity index (χ2n) is 4.60. The van der Waals surface area contributed by atoms with E-state index in [1.165, 1.54) is 0 Å². The Morgan fingerprint density at radius 2 is 1.62 bits per heavy atom. The maximum atomic E-state index is 12.0. The fraction of sp³-hybridized carbons (Fsp3) is 0.125. The van der Waals surface area contributed by atoms with E-state index in [1.54, 1.807) is 42.5 Å². The van der Waals surface area contributed by atoms with Crippen LogP contribution in [0.1, 0.15) is 17.2 Å². The molecule has 0 heterocycles. The lowest BCUT2D eigenvalue weighted by atomic mass is 10.1. The third kappa shape index (κ3) is 3.82. The van der Waals surface area contributed by atoms with Crippen molar-refractivity contribution in [3.05, 3.63) is 65.7 Å². The van der Waals surface area contributed by atoms with Gasteiger partial charge in [-0.2, -0.15) is 0 Å². The van der Waals surface area contributed by atoms with Crippen LogP contribution in [0.25, 0.3) is 0 Å². The van der Waals surface area contributed by atoms with Gasteiger partial charge in [-0.1, -0.05) is 48.5 Å². The zero-order chi connectivity index (χ0) is 15.2. The monoisotopic (exact) mass is 284 g/mol. The van der Waals surface area contributed by atoms with E-state index in [1.807, 2.05) is 19.1 Å². The van der Waals surface area contributed by atoms with Crippen molar-refractivity contribution in [2.45, 2.75) is 13.0 Å². The highest BCUT2D eigenvalue weighted by Crippen LogP contribution is 2.15. The number of hydrogen-bond acceptors (Lipinski definition) is 2. The van der Waals surface area contributed by atoms with Crippen molar-refractivity contribution in [3.63, 3.8) is 0 Å². The Morgan fingerprint density at radius 3 is 2.24 bits per heavy atom. The second kappa shape index (κ2) is 6.56. The summed E-state index contributed by atoms with van der Waals surface area (Å²) in [5.74, 6) is -1.11. The Labute approximate surface area is 122 Å². The van der Waals surface area contributed by atoms with Crippen LogP contribution in [0.2, 0.25) is 0 Å². The summed E-state index contributed by atoms with van der Waals surface area (Å²) < 4.78 is 0. The van der Waals surface area contributed by atoms with Gasteiger partial charge in [0.05, 0.1) is 0 Å². The zero-order valence-corrected chi connectivity index (χ0v) is 11.5. The molecule has 0 aliphatic heterocycles. The molecule has 5 heteroatoms. The summed E-state index contributed by atoms with van der Waals surface area (Å²) in [6.45, 7) is 1.86. The van der Waals surface area contributed by atoms with Crippen LogP contribution in [0.4, 0.5) is 10.5 Å². The minimum Gasteiger partial charge on any atom is -0.479 e. The van der Waals surface area contributed by atoms with Gasteiger partial charge in [-0.3, -0.25) is 0 Å². The van der Waals surface area contributed by atoms with Crippen molar-refractivity contribution in [1.29, 1.82) is 0 Å². The van der Waals surface area contributed by atoms with Gasteiger partial charge in [-0.25, -0.2) is 9.59 Å². The molecule has 0 saturated heterocycles. The van der Waals surface area contributed by atoms with Crippen molar-refractivity contribution < 1.29 is 14.7 Å². The number of amides is 2. The first-order chi connectivity index (χ1) is 10.1. The predicted octanol–water partition coefficient (Wildman–Crippen LogP) is 2.94. The van der Waals surface area contributed by atoms with E-state index < -0.39 is 18.0 Å². The summed E-state index contributed by atoms with van der Waals surface area (Å²) in [5, 5.41) is 14.4. The molecule has 5 nitrogen and oxygen atoms in total. The van der Waals surface area contributed by atoms with E-state index in [0.29, 0.717) is 11.3 Å². The van der Waals surface area contributed by atoms with Crippen LogP contribution in [0.15, 0.2) is 54.6 Å². The average Bonchev–Trinajstić information content (AvgIpc) is 2.48. The van der Waals surface area contributed by atoms with Gasteiger partial charge in [-0.15, -0.1) is 0 Å². The highest BCUT2D eigenvalue weighted by molar-refractivity contribution is 5.93. The molecule has 0 saturated carbocycles. The Bertz CT molecular complexity index is 641. The van der Waals surface area contributed by atoms with Gasteiger partial charge >= 0.3 is 12.0 Å². The standard InChI is InChI=1S/C16H16N2O3/c1-11-7-5-6-10-13(11)17-16(21)18-14(15(19)20)12-8-3-2-4-9-12/h2-10,14H,1H3,(H,19,20)(H2,17,18,21)/t14-/m0/s1. The van der Waals surface area contributed by atoms with Gasteiger partial charge in [0, 0.05) is 5.69 Å². The van der Waals surface area contributed by atoms with Crippen LogP contribution in [0.5, 0.6) is 0 Å². The average molecular weight is 284 g/mol. The highest BCUT2D eigenvalue weighted by atomic mass is 16.4. The Balaban J connectivity index is 2.10. The Kier molecular flexibility index (Phi) is 4.56. The summed E-state index contributed by atoms with van der Waals surface area (Å²) >= 11 is 0. The number of benzene rings is 2. The Morgan fingerprint density at radius 1 is 1.00 bits per heavy atom. The van der Waals surface area contributed by atoms with E-state index in [-0.39, 0.29) is 0 Å². The largest absolute Gasteiger partial charge is 0.479 e. The van der Waals surface area contributed by atoms with E-state index in [2.05, 4.69) is 10.6 Å². The fourth-order valence-corrected chi connectivity index (χ4v) is 1.94. The molecular formula is C16H16N2O3. The number of carbonyl (C=O) groups excluding carboxylic acids is 1. The molecule has 0 fully saturated rings. The molecule has 21 heavy (non-hydrogen) atoms. The van der Waals surface area contributed by atoms with Crippen molar-refractivity contribution in [2.75, 3.05) is 5.32 Å². The molecule has 0 unspecified atom stereocenters. The summed E-state index contributed by atoms with van der Waals surface area (Å²) in [7, 11) is 0. The number of nitrogens with one attached hydrogen (secondary N) is 2. The van der Waals surface area contributed by atoms with Crippen LogP contribution >= 0.6 is 0 Å². The molecule has 2 aromatic rings. The van der Waals surface area contributed by atoms with Gasteiger partial charge < -0.3 is 15.7 Å². The lowest BCUT2D eigenvalue weighted by Crippen LogP contribution is -2.36. The number of hydrogen-bond donors (Lipinski definition) is 3. The normalized spacial score (nSPS) is 11.5. The summed E-state index contributed by atoms with van der Waals surface area (Å²) in [6, 6.07) is 14.2. The lowest BCUT2D eigenvalue weighted by molar-refractivity contribution is -0.139. The SMILES string of the molecule is Cc1ccccc1NC(=O)N[C@H](C(=O)O)c1ccccc1. The number of urea groups is 1. The number of aliphatic carboxylic acids is 1. The van der Waals surface area contributed by atoms with Gasteiger partial charge in [-0.05, 0) is 24.1 Å². The number of anilines is 1. The molecule has 0 bridgehead atoms. The van der Waals surface area contributed by atoms with Gasteiger partial charge in [0.25, 0.3) is 0 Å². The molecule has 0 aromatic heterocycles. The fourth-order valence-electron chi connectivity index (χ4n) is 1.94. The van der Waals surface area contributed by atoms with Crippen LogP contribution in [0, 0.1) is 6.92 Å². The number of aryl methyl sites for hydroxylation is 1. The van der Waals surface area contributed by atoms with Crippen LogP contribution in [-0.4, -0.2) is 17.1 Å². The maximum absolute atomic E-state index is 12.0. The molecule has 0 aliphatic rings. The van der Waals surface area contributed by atoms with Crippen LogP contribution < -0.4 is 10.6 Å². The molecule has 0 radical (unpaired) electrons. The van der Waals surface area contributed by atoms with Crippen LogP contribution in [0.3, 0.4) is 0 Å². The van der Waals surface area contributed by atoms with Crippen molar-refractivity contribution in [2.24, 2.45) is 0 Å². The molecule has 0 spiro atoms. The van der Waals surface area contributed by atoms with E-state index >= 15 is 0 Å². The smallest absolute Gasteiger partial charge is 0.330 e. The highest BCUT2D eigenvalue weighted by Gasteiger charge is 2.21. The first kappa shape index (κ1) is 14.6. The third-order valence-corrected chi connectivity index (χ3v) is 3.05. The van der Waals surface area contributed by atoms with Gasteiger partial charge in [0.15, 0.2) is 6.04 Å².